The lowest BCUT2D eigenvalue weighted by atomic mass is 9.81. The number of hydrogen-bond donors (Lipinski definition) is 1. The molecule has 1 aromatic rings. The lowest BCUT2D eigenvalue weighted by Crippen LogP contribution is -2.33. The van der Waals surface area contributed by atoms with Crippen LogP contribution in [0.2, 0.25) is 0 Å². The molecule has 0 amide bonds. The predicted octanol–water partition coefficient (Wildman–Crippen LogP) is 1.99. The summed E-state index contributed by atoms with van der Waals surface area (Å²) in [5.74, 6) is 0.234. The third-order valence-corrected chi connectivity index (χ3v) is 5.74. The third kappa shape index (κ3) is 3.54. The van der Waals surface area contributed by atoms with E-state index in [-0.39, 0.29) is 17.2 Å². The van der Waals surface area contributed by atoms with Gasteiger partial charge in [0.1, 0.15) is 9.84 Å². The SMILES string of the molecule is Cc1ccc(C(N)C2CCCC(S(C)(=O)=O)C2)cn1. The molecule has 106 valence electrons. The van der Waals surface area contributed by atoms with Crippen LogP contribution < -0.4 is 5.73 Å². The fourth-order valence-electron chi connectivity index (χ4n) is 2.84. The van der Waals surface area contributed by atoms with Crippen molar-refractivity contribution in [3.05, 3.63) is 29.6 Å². The van der Waals surface area contributed by atoms with Gasteiger partial charge in [0.2, 0.25) is 0 Å². The first-order chi connectivity index (χ1) is 8.88. The summed E-state index contributed by atoms with van der Waals surface area (Å²) in [7, 11) is -2.95. The zero-order chi connectivity index (χ0) is 14.0. The molecule has 3 unspecified atom stereocenters. The minimum atomic E-state index is -2.95. The number of nitrogens with two attached hydrogens (primary N) is 1. The van der Waals surface area contributed by atoms with Crippen molar-refractivity contribution in [3.63, 3.8) is 0 Å². The second-order valence-corrected chi connectivity index (χ2v) is 7.96. The number of rotatable bonds is 3. The highest BCUT2D eigenvalue weighted by atomic mass is 32.2. The fraction of sp³-hybridized carbons (Fsp3) is 0.643. The number of sulfone groups is 1. The molecule has 0 saturated heterocycles. The molecule has 2 rings (SSSR count). The van der Waals surface area contributed by atoms with Gasteiger partial charge in [0.25, 0.3) is 0 Å². The van der Waals surface area contributed by atoms with Gasteiger partial charge in [-0.1, -0.05) is 12.5 Å². The van der Waals surface area contributed by atoms with Crippen molar-refractivity contribution in [3.8, 4) is 0 Å². The minimum Gasteiger partial charge on any atom is -0.324 e. The Kier molecular flexibility index (Phi) is 4.26. The van der Waals surface area contributed by atoms with Crippen LogP contribution in [0.4, 0.5) is 0 Å². The van der Waals surface area contributed by atoms with Gasteiger partial charge < -0.3 is 5.73 Å². The van der Waals surface area contributed by atoms with Gasteiger partial charge in [0, 0.05) is 24.2 Å². The highest BCUT2D eigenvalue weighted by Crippen LogP contribution is 2.35. The molecule has 0 spiro atoms. The Labute approximate surface area is 115 Å². The van der Waals surface area contributed by atoms with E-state index in [0.29, 0.717) is 6.42 Å². The second-order valence-electron chi connectivity index (χ2n) is 5.64. The Balaban J connectivity index is 2.11. The molecule has 1 aliphatic rings. The van der Waals surface area contributed by atoms with Gasteiger partial charge in [-0.05, 0) is 43.7 Å². The molecule has 5 heteroatoms. The summed E-state index contributed by atoms with van der Waals surface area (Å²) in [6.07, 6.45) is 6.53. The van der Waals surface area contributed by atoms with Crippen LogP contribution in [0.1, 0.15) is 43.0 Å². The molecule has 0 aliphatic heterocycles. The molecule has 0 aromatic carbocycles. The van der Waals surface area contributed by atoms with E-state index >= 15 is 0 Å². The Bertz CT molecular complexity index is 525. The van der Waals surface area contributed by atoms with Crippen LogP contribution in [-0.2, 0) is 9.84 Å². The molecule has 1 fully saturated rings. The molecule has 0 bridgehead atoms. The number of nitrogens with zero attached hydrogens (tertiary/aromatic N) is 1. The van der Waals surface area contributed by atoms with Crippen molar-refractivity contribution >= 4 is 9.84 Å². The van der Waals surface area contributed by atoms with Crippen molar-refractivity contribution < 1.29 is 8.42 Å². The van der Waals surface area contributed by atoms with E-state index in [0.717, 1.165) is 30.5 Å². The maximum absolute atomic E-state index is 11.7. The summed E-state index contributed by atoms with van der Waals surface area (Å²) in [6, 6.07) is 3.83. The van der Waals surface area contributed by atoms with Gasteiger partial charge in [-0.25, -0.2) is 8.42 Å². The van der Waals surface area contributed by atoms with E-state index in [1.54, 1.807) is 0 Å². The van der Waals surface area contributed by atoms with Crippen LogP contribution in [0.15, 0.2) is 18.3 Å². The molecule has 1 saturated carbocycles. The maximum Gasteiger partial charge on any atom is 0.150 e. The van der Waals surface area contributed by atoms with Gasteiger partial charge in [-0.15, -0.1) is 0 Å². The van der Waals surface area contributed by atoms with Crippen LogP contribution in [0, 0.1) is 12.8 Å². The molecule has 4 nitrogen and oxygen atoms in total. The van der Waals surface area contributed by atoms with Crippen LogP contribution in [0.5, 0.6) is 0 Å². The van der Waals surface area contributed by atoms with E-state index < -0.39 is 9.84 Å². The van der Waals surface area contributed by atoms with Gasteiger partial charge in [-0.3, -0.25) is 4.98 Å². The van der Waals surface area contributed by atoms with Crippen molar-refractivity contribution in [2.24, 2.45) is 11.7 Å². The predicted molar refractivity (Wildman–Crippen MR) is 76.5 cm³/mol. The normalized spacial score (nSPS) is 26.1. The lowest BCUT2D eigenvalue weighted by molar-refractivity contribution is 0.308. The summed E-state index contributed by atoms with van der Waals surface area (Å²) < 4.78 is 23.4. The highest BCUT2D eigenvalue weighted by molar-refractivity contribution is 7.91. The Morgan fingerprint density at radius 2 is 2.11 bits per heavy atom. The lowest BCUT2D eigenvalue weighted by Gasteiger charge is -2.32. The number of aromatic nitrogens is 1. The fourth-order valence-corrected chi connectivity index (χ4v) is 4.04. The van der Waals surface area contributed by atoms with Gasteiger partial charge >= 0.3 is 0 Å². The van der Waals surface area contributed by atoms with Gasteiger partial charge in [0.05, 0.1) is 5.25 Å². The highest BCUT2D eigenvalue weighted by Gasteiger charge is 2.32. The molecule has 19 heavy (non-hydrogen) atoms. The van der Waals surface area contributed by atoms with E-state index in [1.165, 1.54) is 6.26 Å². The molecule has 1 aliphatic carbocycles. The summed E-state index contributed by atoms with van der Waals surface area (Å²) in [5, 5.41) is -0.226. The van der Waals surface area contributed by atoms with Crippen molar-refractivity contribution in [2.75, 3.05) is 6.26 Å². The molecular weight excluding hydrogens is 260 g/mol. The number of aryl methyl sites for hydroxylation is 1. The van der Waals surface area contributed by atoms with E-state index in [4.69, 9.17) is 5.73 Å². The standard InChI is InChI=1S/C14H22N2O2S/c1-10-6-7-12(9-16-10)14(15)11-4-3-5-13(8-11)19(2,17)18/h6-7,9,11,13-14H,3-5,8,15H2,1-2H3. The molecular formula is C14H22N2O2S. The van der Waals surface area contributed by atoms with Gasteiger partial charge in [-0.2, -0.15) is 0 Å². The topological polar surface area (TPSA) is 73.1 Å². The molecule has 3 atom stereocenters. The molecule has 2 N–H and O–H groups in total. The van der Waals surface area contributed by atoms with Gasteiger partial charge in [0.15, 0.2) is 0 Å². The van der Waals surface area contributed by atoms with E-state index in [9.17, 15) is 8.42 Å². The summed E-state index contributed by atoms with van der Waals surface area (Å²) in [5.41, 5.74) is 8.26. The van der Waals surface area contributed by atoms with E-state index in [2.05, 4.69) is 4.98 Å². The zero-order valence-corrected chi connectivity index (χ0v) is 12.4. The average Bonchev–Trinajstić information content (AvgIpc) is 2.38. The first kappa shape index (κ1) is 14.5. The quantitative estimate of drug-likeness (QED) is 0.920. The van der Waals surface area contributed by atoms with Crippen LogP contribution >= 0.6 is 0 Å². The third-order valence-electron chi connectivity index (χ3n) is 4.10. The first-order valence-corrected chi connectivity index (χ1v) is 8.70. The number of hydrogen-bond acceptors (Lipinski definition) is 4. The van der Waals surface area contributed by atoms with Crippen LogP contribution in [0.25, 0.3) is 0 Å². The molecule has 1 aromatic heterocycles. The molecule has 1 heterocycles. The van der Waals surface area contributed by atoms with Crippen molar-refractivity contribution in [2.45, 2.75) is 43.9 Å². The monoisotopic (exact) mass is 282 g/mol. The Hall–Kier alpha value is -0.940. The van der Waals surface area contributed by atoms with Crippen molar-refractivity contribution in [1.82, 2.24) is 4.98 Å². The summed E-state index contributed by atoms with van der Waals surface area (Å²) in [6.45, 7) is 1.94. The van der Waals surface area contributed by atoms with Crippen LogP contribution in [-0.4, -0.2) is 24.9 Å². The average molecular weight is 282 g/mol. The number of pyridine rings is 1. The minimum absolute atomic E-state index is 0.113. The largest absolute Gasteiger partial charge is 0.324 e. The van der Waals surface area contributed by atoms with Crippen LogP contribution in [0.3, 0.4) is 0 Å². The Morgan fingerprint density at radius 3 is 2.68 bits per heavy atom. The summed E-state index contributed by atoms with van der Waals surface area (Å²) >= 11 is 0. The van der Waals surface area contributed by atoms with E-state index in [1.807, 2.05) is 25.3 Å². The second kappa shape index (κ2) is 5.59. The smallest absolute Gasteiger partial charge is 0.150 e. The Morgan fingerprint density at radius 1 is 1.37 bits per heavy atom. The zero-order valence-electron chi connectivity index (χ0n) is 11.5. The first-order valence-electron chi connectivity index (χ1n) is 6.75. The van der Waals surface area contributed by atoms with Crippen molar-refractivity contribution in [1.29, 1.82) is 0 Å². The summed E-state index contributed by atoms with van der Waals surface area (Å²) in [4.78, 5) is 4.26. The maximum atomic E-state index is 11.7. The molecule has 0 radical (unpaired) electrons.